The third-order valence-electron chi connectivity index (χ3n) is 7.25. The Morgan fingerprint density at radius 2 is 1.83 bits per heavy atom. The van der Waals surface area contributed by atoms with E-state index in [0.717, 1.165) is 29.0 Å². The van der Waals surface area contributed by atoms with Gasteiger partial charge in [0, 0.05) is 27.8 Å². The van der Waals surface area contributed by atoms with Crippen molar-refractivity contribution in [3.05, 3.63) is 97.8 Å². The fraction of sp³-hybridized carbons (Fsp3) is 0.258. The molecule has 0 saturated heterocycles. The van der Waals surface area contributed by atoms with E-state index in [1.54, 1.807) is 23.7 Å². The van der Waals surface area contributed by atoms with E-state index in [2.05, 4.69) is 45.2 Å². The summed E-state index contributed by atoms with van der Waals surface area (Å²) in [6, 6.07) is 15.2. The molecule has 1 aliphatic rings. The van der Waals surface area contributed by atoms with Crippen LogP contribution >= 0.6 is 56.5 Å². The highest BCUT2D eigenvalue weighted by Gasteiger charge is 2.36. The van der Waals surface area contributed by atoms with Crippen molar-refractivity contribution >= 4 is 79.3 Å². The highest BCUT2D eigenvalue weighted by Crippen LogP contribution is 2.40. The first-order chi connectivity index (χ1) is 19.7. The van der Waals surface area contributed by atoms with Gasteiger partial charge in [-0.1, -0.05) is 41.7 Å². The van der Waals surface area contributed by atoms with Crippen LogP contribution in [0.5, 0.6) is 11.5 Å². The molecule has 1 aromatic heterocycles. The Morgan fingerprint density at radius 1 is 1.10 bits per heavy atom. The molecule has 212 valence electrons. The van der Waals surface area contributed by atoms with Gasteiger partial charge in [-0.15, -0.1) is 0 Å². The van der Waals surface area contributed by atoms with Gasteiger partial charge in [-0.3, -0.25) is 14.2 Å². The zero-order valence-electron chi connectivity index (χ0n) is 23.3. The number of carbonyl (C=O) groups is 1. The van der Waals surface area contributed by atoms with Crippen molar-refractivity contribution < 1.29 is 14.3 Å². The molecule has 2 heterocycles. The van der Waals surface area contributed by atoms with Gasteiger partial charge < -0.3 is 14.4 Å². The Balaban J connectivity index is 1.87. The normalized spacial score (nSPS) is 15.1. The maximum absolute atomic E-state index is 14.3. The second-order valence-electron chi connectivity index (χ2n) is 9.47. The lowest BCUT2D eigenvalue weighted by Crippen LogP contribution is -2.43. The molecule has 0 saturated carbocycles. The summed E-state index contributed by atoms with van der Waals surface area (Å²) in [4.78, 5) is 35.6. The van der Waals surface area contributed by atoms with Crippen LogP contribution in [0.2, 0.25) is 0 Å². The van der Waals surface area contributed by atoms with Crippen molar-refractivity contribution in [2.75, 3.05) is 27.3 Å². The van der Waals surface area contributed by atoms with Crippen LogP contribution in [0.4, 0.5) is 0 Å². The molecule has 0 N–H and O–H groups in total. The number of likely N-dealkylation sites (N-methyl/N-ethyl adjacent to an activating group) is 1. The summed E-state index contributed by atoms with van der Waals surface area (Å²) in [5.74, 6) is 1.17. The number of benzene rings is 3. The molecule has 41 heavy (non-hydrogen) atoms. The lowest BCUT2D eigenvalue weighted by atomic mass is 9.90. The van der Waals surface area contributed by atoms with Crippen LogP contribution in [0.25, 0.3) is 16.8 Å². The number of hydrogen-bond acceptors (Lipinski definition) is 6. The van der Waals surface area contributed by atoms with Gasteiger partial charge in [-0.2, -0.15) is 0 Å². The monoisotopic (exact) mass is 793 g/mol. The van der Waals surface area contributed by atoms with Gasteiger partial charge in [0.25, 0.3) is 11.5 Å². The van der Waals surface area contributed by atoms with Crippen molar-refractivity contribution in [3.63, 3.8) is 0 Å². The fourth-order valence-electron chi connectivity index (χ4n) is 5.33. The van der Waals surface area contributed by atoms with E-state index in [9.17, 15) is 9.59 Å². The molecule has 0 spiro atoms. The predicted octanol–water partition coefficient (Wildman–Crippen LogP) is 5.48. The van der Waals surface area contributed by atoms with Gasteiger partial charge in [-0.05, 0) is 101 Å². The number of nitrogens with zero attached hydrogens (tertiary/aromatic N) is 3. The maximum Gasteiger partial charge on any atom is 0.271 e. The number of aromatic nitrogens is 1. The van der Waals surface area contributed by atoms with Crippen molar-refractivity contribution in [1.82, 2.24) is 9.47 Å². The molecular weight excluding hydrogens is 764 g/mol. The SMILES string of the molecule is CCN(CC)C(=O)C1=C(C)N=c2s/c(=C/c3cc(I)cc(I)c3OC)c(=O)n2[C@H]1c1c(OC)ccc2ccccc12. The number of fused-ring (bicyclic) bond motifs is 2. The number of allylic oxidation sites excluding steroid dienone is 1. The van der Waals surface area contributed by atoms with Gasteiger partial charge >= 0.3 is 0 Å². The van der Waals surface area contributed by atoms with Gasteiger partial charge in [0.1, 0.15) is 17.5 Å². The summed E-state index contributed by atoms with van der Waals surface area (Å²) in [5.41, 5.74) is 2.43. The Hall–Kier alpha value is -2.71. The minimum absolute atomic E-state index is 0.139. The van der Waals surface area contributed by atoms with Crippen LogP contribution in [-0.2, 0) is 4.79 Å². The van der Waals surface area contributed by atoms with Crippen LogP contribution < -0.4 is 24.4 Å². The zero-order valence-corrected chi connectivity index (χ0v) is 28.5. The summed E-state index contributed by atoms with van der Waals surface area (Å²) in [6.45, 7) is 6.84. The molecule has 5 rings (SSSR count). The van der Waals surface area contributed by atoms with Gasteiger partial charge in [0.05, 0.1) is 33.6 Å². The summed E-state index contributed by atoms with van der Waals surface area (Å²) < 4.78 is 15.7. The van der Waals surface area contributed by atoms with Crippen molar-refractivity contribution in [3.8, 4) is 11.5 Å². The summed E-state index contributed by atoms with van der Waals surface area (Å²) in [6.07, 6.45) is 1.86. The highest BCUT2D eigenvalue weighted by molar-refractivity contribution is 14.1. The van der Waals surface area contributed by atoms with Crippen LogP contribution in [0.1, 0.15) is 37.9 Å². The zero-order chi connectivity index (χ0) is 29.4. The van der Waals surface area contributed by atoms with Crippen molar-refractivity contribution in [2.45, 2.75) is 26.8 Å². The number of methoxy groups -OCH3 is 2. The molecule has 1 atom stereocenters. The molecule has 10 heteroatoms. The minimum atomic E-state index is -0.722. The van der Waals surface area contributed by atoms with E-state index < -0.39 is 6.04 Å². The second-order valence-corrected chi connectivity index (χ2v) is 12.9. The number of halogens is 2. The van der Waals surface area contributed by atoms with Crippen LogP contribution in [0.3, 0.4) is 0 Å². The summed E-state index contributed by atoms with van der Waals surface area (Å²) >= 11 is 5.81. The molecule has 1 amide bonds. The van der Waals surface area contributed by atoms with E-state index >= 15 is 0 Å². The Kier molecular flexibility index (Phi) is 8.90. The lowest BCUT2D eigenvalue weighted by Gasteiger charge is -2.30. The van der Waals surface area contributed by atoms with E-state index in [4.69, 9.17) is 14.5 Å². The van der Waals surface area contributed by atoms with Crippen LogP contribution in [0, 0.1) is 7.14 Å². The first kappa shape index (κ1) is 29.8. The first-order valence-electron chi connectivity index (χ1n) is 13.1. The number of hydrogen-bond donors (Lipinski definition) is 0. The topological polar surface area (TPSA) is 73.1 Å². The van der Waals surface area contributed by atoms with Crippen molar-refractivity contribution in [1.29, 1.82) is 0 Å². The molecule has 0 bridgehead atoms. The second kappa shape index (κ2) is 12.3. The number of amides is 1. The predicted molar refractivity (Wildman–Crippen MR) is 181 cm³/mol. The van der Waals surface area contributed by atoms with E-state index in [1.165, 1.54) is 11.3 Å². The van der Waals surface area contributed by atoms with E-state index in [1.807, 2.05) is 75.4 Å². The number of rotatable bonds is 7. The quantitative estimate of drug-likeness (QED) is 0.233. The largest absolute Gasteiger partial charge is 0.496 e. The molecular formula is C31H29I2N3O4S. The summed E-state index contributed by atoms with van der Waals surface area (Å²) in [7, 11) is 3.25. The molecule has 1 aliphatic heterocycles. The summed E-state index contributed by atoms with van der Waals surface area (Å²) in [5, 5.41) is 1.91. The third-order valence-corrected chi connectivity index (χ3v) is 9.66. The van der Waals surface area contributed by atoms with Crippen molar-refractivity contribution in [2.24, 2.45) is 4.99 Å². The molecule has 0 aliphatic carbocycles. The standard InChI is InChI=1S/C31H29I2N3O4S/c1-6-35(7-2)30(38)25-17(3)34-31-36(27(25)26-21-11-9-8-10-18(21)12-13-23(26)39-4)29(37)24(41-31)15-19-14-20(32)16-22(33)28(19)40-5/h8-16,27H,6-7H2,1-5H3/b24-15+/t27-/m1/s1. The smallest absolute Gasteiger partial charge is 0.271 e. The Bertz CT molecular complexity index is 1890. The molecule has 0 fully saturated rings. The average molecular weight is 793 g/mol. The van der Waals surface area contributed by atoms with Gasteiger partial charge in [0.2, 0.25) is 0 Å². The van der Waals surface area contributed by atoms with Gasteiger partial charge in [0.15, 0.2) is 4.80 Å². The maximum atomic E-state index is 14.3. The average Bonchev–Trinajstić information content (AvgIpc) is 3.26. The molecule has 3 aromatic carbocycles. The van der Waals surface area contributed by atoms with Crippen LogP contribution in [0.15, 0.2) is 69.6 Å². The molecule has 0 unspecified atom stereocenters. The first-order valence-corrected chi connectivity index (χ1v) is 16.1. The van der Waals surface area contributed by atoms with Crippen LogP contribution in [-0.4, -0.2) is 42.7 Å². The highest BCUT2D eigenvalue weighted by atomic mass is 127. The lowest BCUT2D eigenvalue weighted by molar-refractivity contribution is -0.127. The minimum Gasteiger partial charge on any atom is -0.496 e. The Labute approximate surface area is 269 Å². The molecule has 0 radical (unpaired) electrons. The van der Waals surface area contributed by atoms with Gasteiger partial charge in [-0.25, -0.2) is 4.99 Å². The number of ether oxygens (including phenoxy) is 2. The number of thiazole rings is 1. The van der Waals surface area contributed by atoms with E-state index in [-0.39, 0.29) is 11.5 Å². The molecule has 7 nitrogen and oxygen atoms in total. The fourth-order valence-corrected chi connectivity index (χ4v) is 8.48. The third kappa shape index (κ3) is 5.34. The number of carbonyl (C=O) groups excluding carboxylic acids is 1. The molecule has 4 aromatic rings. The van der Waals surface area contributed by atoms with E-state index in [0.29, 0.717) is 45.2 Å². The Morgan fingerprint density at radius 3 is 2.51 bits per heavy atom.